The Hall–Kier alpha value is -1.20. The maximum absolute atomic E-state index is 12.4. The van der Waals surface area contributed by atoms with Crippen LogP contribution in [0, 0.1) is 0 Å². The predicted octanol–water partition coefficient (Wildman–Crippen LogP) is 3.28. The van der Waals surface area contributed by atoms with Crippen LogP contribution < -0.4 is 10.1 Å². The number of alkyl halides is 2. The molecular formula is C15H24F2N2O. The van der Waals surface area contributed by atoms with Gasteiger partial charge in [-0.3, -0.25) is 0 Å². The lowest BCUT2D eigenvalue weighted by Gasteiger charge is -2.23. The maximum atomic E-state index is 12.4. The first-order valence-electron chi connectivity index (χ1n) is 6.89. The van der Waals surface area contributed by atoms with E-state index < -0.39 is 6.61 Å². The fourth-order valence-electron chi connectivity index (χ4n) is 1.87. The highest BCUT2D eigenvalue weighted by atomic mass is 19.3. The molecule has 0 aliphatic carbocycles. The molecule has 0 aromatic heterocycles. The van der Waals surface area contributed by atoms with Crippen molar-refractivity contribution in [1.82, 2.24) is 10.2 Å². The molecule has 3 nitrogen and oxygen atoms in total. The number of benzene rings is 1. The van der Waals surface area contributed by atoms with Crippen molar-refractivity contribution in [3.63, 3.8) is 0 Å². The van der Waals surface area contributed by atoms with Crippen LogP contribution in [-0.4, -0.2) is 37.7 Å². The van der Waals surface area contributed by atoms with Gasteiger partial charge in [0.2, 0.25) is 0 Å². The highest BCUT2D eigenvalue weighted by Crippen LogP contribution is 2.26. The molecule has 1 aromatic rings. The second-order valence-electron chi connectivity index (χ2n) is 5.17. The van der Waals surface area contributed by atoms with Gasteiger partial charge in [0, 0.05) is 30.7 Å². The molecule has 5 heteroatoms. The van der Waals surface area contributed by atoms with Gasteiger partial charge in [-0.05, 0) is 33.9 Å². The Bertz CT molecular complexity index is 399. The van der Waals surface area contributed by atoms with E-state index in [1.807, 2.05) is 19.1 Å². The van der Waals surface area contributed by atoms with Crippen LogP contribution in [0.25, 0.3) is 0 Å². The molecule has 0 amide bonds. The van der Waals surface area contributed by atoms with Gasteiger partial charge in [-0.25, -0.2) is 0 Å². The molecule has 0 saturated heterocycles. The molecule has 1 rings (SSSR count). The summed E-state index contributed by atoms with van der Waals surface area (Å²) >= 11 is 0. The average molecular weight is 286 g/mol. The van der Waals surface area contributed by atoms with Crippen LogP contribution >= 0.6 is 0 Å². The van der Waals surface area contributed by atoms with Gasteiger partial charge in [0.05, 0.1) is 0 Å². The lowest BCUT2D eigenvalue weighted by molar-refractivity contribution is -0.0506. The van der Waals surface area contributed by atoms with E-state index in [0.29, 0.717) is 6.04 Å². The molecule has 1 N–H and O–H groups in total. The minimum absolute atomic E-state index is 0.0366. The van der Waals surface area contributed by atoms with Crippen molar-refractivity contribution in [3.8, 4) is 5.75 Å². The molecule has 0 heterocycles. The Morgan fingerprint density at radius 3 is 2.45 bits per heavy atom. The molecular weight excluding hydrogens is 262 g/mol. The zero-order valence-corrected chi connectivity index (χ0v) is 12.6. The highest BCUT2D eigenvalue weighted by Gasteiger charge is 2.14. The Morgan fingerprint density at radius 2 is 1.85 bits per heavy atom. The largest absolute Gasteiger partial charge is 0.434 e. The first-order chi connectivity index (χ1) is 9.41. The molecule has 0 aliphatic heterocycles. The molecule has 20 heavy (non-hydrogen) atoms. The summed E-state index contributed by atoms with van der Waals surface area (Å²) in [5.41, 5.74) is 0.750. The molecule has 0 radical (unpaired) electrons. The molecule has 0 bridgehead atoms. The lowest BCUT2D eigenvalue weighted by atomic mass is 10.1. The van der Waals surface area contributed by atoms with E-state index in [0.717, 1.165) is 18.7 Å². The first-order valence-corrected chi connectivity index (χ1v) is 6.89. The van der Waals surface area contributed by atoms with Gasteiger partial charge in [0.15, 0.2) is 0 Å². The van der Waals surface area contributed by atoms with E-state index in [2.05, 4.69) is 35.8 Å². The van der Waals surface area contributed by atoms with Crippen LogP contribution in [0.4, 0.5) is 8.78 Å². The van der Waals surface area contributed by atoms with Crippen LogP contribution in [0.2, 0.25) is 0 Å². The summed E-state index contributed by atoms with van der Waals surface area (Å²) in [4.78, 5) is 2.22. The summed E-state index contributed by atoms with van der Waals surface area (Å²) < 4.78 is 29.3. The Kier molecular flexibility index (Phi) is 6.88. The smallest absolute Gasteiger partial charge is 0.387 e. The van der Waals surface area contributed by atoms with Crippen molar-refractivity contribution in [2.45, 2.75) is 39.5 Å². The predicted molar refractivity (Wildman–Crippen MR) is 77.3 cm³/mol. The summed E-state index contributed by atoms with van der Waals surface area (Å²) in [6, 6.07) is 7.35. The normalized spacial score (nSPS) is 13.2. The molecule has 0 fully saturated rings. The zero-order valence-electron chi connectivity index (χ0n) is 12.6. The number of halogens is 2. The average Bonchev–Trinajstić information content (AvgIpc) is 2.38. The fraction of sp³-hybridized carbons (Fsp3) is 0.600. The van der Waals surface area contributed by atoms with Crippen LogP contribution in [0.15, 0.2) is 24.3 Å². The van der Waals surface area contributed by atoms with Gasteiger partial charge < -0.3 is 15.0 Å². The summed E-state index contributed by atoms with van der Waals surface area (Å²) in [5, 5.41) is 3.33. The summed E-state index contributed by atoms with van der Waals surface area (Å²) in [6.45, 7) is 5.11. The molecule has 0 spiro atoms. The third-order valence-corrected chi connectivity index (χ3v) is 3.40. The summed E-state index contributed by atoms with van der Waals surface area (Å²) in [5.74, 6) is 0.236. The quantitative estimate of drug-likeness (QED) is 0.793. The molecule has 1 atom stereocenters. The van der Waals surface area contributed by atoms with Crippen LogP contribution in [0.3, 0.4) is 0 Å². The number of hydrogen-bond acceptors (Lipinski definition) is 3. The van der Waals surface area contributed by atoms with Gasteiger partial charge >= 0.3 is 6.61 Å². The molecule has 1 aromatic carbocycles. The topological polar surface area (TPSA) is 24.5 Å². The summed E-state index contributed by atoms with van der Waals surface area (Å²) in [7, 11) is 2.06. The van der Waals surface area contributed by atoms with Crippen molar-refractivity contribution in [2.75, 3.05) is 20.1 Å². The van der Waals surface area contributed by atoms with Crippen molar-refractivity contribution in [1.29, 1.82) is 0 Å². The third kappa shape index (κ3) is 5.43. The second-order valence-corrected chi connectivity index (χ2v) is 5.17. The monoisotopic (exact) mass is 286 g/mol. The first kappa shape index (κ1) is 16.9. The van der Waals surface area contributed by atoms with Gasteiger partial charge in [0.25, 0.3) is 0 Å². The Balaban J connectivity index is 2.56. The van der Waals surface area contributed by atoms with E-state index in [1.165, 1.54) is 0 Å². The number of rotatable bonds is 8. The number of para-hydroxylation sites is 1. The highest BCUT2D eigenvalue weighted by molar-refractivity contribution is 5.35. The Morgan fingerprint density at radius 1 is 1.20 bits per heavy atom. The van der Waals surface area contributed by atoms with Crippen molar-refractivity contribution in [2.24, 2.45) is 0 Å². The van der Waals surface area contributed by atoms with Gasteiger partial charge in [0.1, 0.15) is 5.75 Å². The van der Waals surface area contributed by atoms with E-state index in [1.54, 1.807) is 12.1 Å². The SMILES string of the molecule is CC(NCCN(C)C(C)C)c1ccccc1OC(F)F. The molecule has 0 saturated carbocycles. The van der Waals surface area contributed by atoms with Crippen LogP contribution in [-0.2, 0) is 0 Å². The maximum Gasteiger partial charge on any atom is 0.387 e. The zero-order chi connectivity index (χ0) is 15.1. The van der Waals surface area contributed by atoms with Gasteiger partial charge in [-0.15, -0.1) is 0 Å². The Labute approximate surface area is 119 Å². The molecule has 114 valence electrons. The number of nitrogens with one attached hydrogen (secondary N) is 1. The molecule has 0 aliphatic rings. The van der Waals surface area contributed by atoms with Gasteiger partial charge in [-0.1, -0.05) is 18.2 Å². The van der Waals surface area contributed by atoms with Crippen molar-refractivity contribution >= 4 is 0 Å². The van der Waals surface area contributed by atoms with Crippen molar-refractivity contribution in [3.05, 3.63) is 29.8 Å². The van der Waals surface area contributed by atoms with E-state index in [9.17, 15) is 8.78 Å². The number of ether oxygens (including phenoxy) is 1. The standard InChI is InChI=1S/C15H24F2N2O/c1-11(2)19(4)10-9-18-12(3)13-7-5-6-8-14(13)20-15(16)17/h5-8,11-12,15,18H,9-10H2,1-4H3. The number of nitrogens with zero attached hydrogens (tertiary/aromatic N) is 1. The van der Waals surface area contributed by atoms with Crippen LogP contribution in [0.5, 0.6) is 5.75 Å². The molecule has 1 unspecified atom stereocenters. The van der Waals surface area contributed by atoms with E-state index in [4.69, 9.17) is 0 Å². The minimum Gasteiger partial charge on any atom is -0.434 e. The summed E-state index contributed by atoms with van der Waals surface area (Å²) in [6.07, 6.45) is 0. The van der Waals surface area contributed by atoms with Crippen molar-refractivity contribution < 1.29 is 13.5 Å². The lowest BCUT2D eigenvalue weighted by Crippen LogP contribution is -2.34. The number of hydrogen-bond donors (Lipinski definition) is 1. The van der Waals surface area contributed by atoms with Gasteiger partial charge in [-0.2, -0.15) is 8.78 Å². The van der Waals surface area contributed by atoms with E-state index >= 15 is 0 Å². The van der Waals surface area contributed by atoms with E-state index in [-0.39, 0.29) is 11.8 Å². The second kappa shape index (κ2) is 8.17. The number of likely N-dealkylation sites (N-methyl/N-ethyl adjacent to an activating group) is 1. The van der Waals surface area contributed by atoms with Crippen LogP contribution in [0.1, 0.15) is 32.4 Å². The third-order valence-electron chi connectivity index (χ3n) is 3.40. The fourth-order valence-corrected chi connectivity index (χ4v) is 1.87. The minimum atomic E-state index is -2.80.